The molecule has 1 aromatic carbocycles. The van der Waals surface area contributed by atoms with Crippen molar-refractivity contribution in [1.29, 1.82) is 0 Å². The van der Waals surface area contributed by atoms with Gasteiger partial charge in [0.2, 0.25) is 5.91 Å². The highest BCUT2D eigenvalue weighted by molar-refractivity contribution is 9.10. The van der Waals surface area contributed by atoms with Crippen LogP contribution in [0.1, 0.15) is 25.8 Å². The summed E-state index contributed by atoms with van der Waals surface area (Å²) in [5.74, 6) is 0.117. The Hall–Kier alpha value is -0.940. The molecule has 2 rings (SSSR count). The Kier molecular flexibility index (Phi) is 3.47. The molecule has 0 heterocycles. The van der Waals surface area contributed by atoms with Gasteiger partial charge < -0.3 is 11.1 Å². The third-order valence-electron chi connectivity index (χ3n) is 3.33. The summed E-state index contributed by atoms with van der Waals surface area (Å²) in [6.45, 7) is 4.18. The first-order valence-corrected chi connectivity index (χ1v) is 6.91. The Morgan fingerprint density at radius 1 is 1.56 bits per heavy atom. The lowest BCUT2D eigenvalue weighted by Gasteiger charge is -2.11. The maximum atomic E-state index is 12.1. The molecule has 0 spiro atoms. The van der Waals surface area contributed by atoms with Crippen LogP contribution in [-0.4, -0.2) is 10.9 Å². The standard InChI is InChI=1S/C13H15BrN2OS/c1-13(2)6-9(13)12(17)16-10-5-7(14)3-4-8(10)11(15)18/h3-5,9H,6H2,1-2H3,(H2,15,18)(H,16,17). The van der Waals surface area contributed by atoms with Gasteiger partial charge in [0.25, 0.3) is 0 Å². The van der Waals surface area contributed by atoms with Gasteiger partial charge in [0, 0.05) is 16.0 Å². The number of benzene rings is 1. The number of carbonyl (C=O) groups excluding carboxylic acids is 1. The first-order chi connectivity index (χ1) is 8.31. The molecule has 0 aromatic heterocycles. The molecule has 3 nitrogen and oxygen atoms in total. The Morgan fingerprint density at radius 2 is 2.17 bits per heavy atom. The Labute approximate surface area is 120 Å². The van der Waals surface area contributed by atoms with Crippen molar-refractivity contribution in [1.82, 2.24) is 0 Å². The predicted octanol–water partition coefficient (Wildman–Crippen LogP) is 3.07. The fourth-order valence-corrected chi connectivity index (χ4v) is 2.51. The van der Waals surface area contributed by atoms with E-state index in [2.05, 4.69) is 35.1 Å². The lowest BCUT2D eigenvalue weighted by atomic mass is 10.1. The molecule has 0 saturated heterocycles. The molecule has 5 heteroatoms. The van der Waals surface area contributed by atoms with E-state index < -0.39 is 0 Å². The van der Waals surface area contributed by atoms with Crippen LogP contribution in [0.4, 0.5) is 5.69 Å². The van der Waals surface area contributed by atoms with Gasteiger partial charge in [-0.1, -0.05) is 42.0 Å². The number of thiocarbonyl (C=S) groups is 1. The van der Waals surface area contributed by atoms with E-state index in [-0.39, 0.29) is 22.2 Å². The summed E-state index contributed by atoms with van der Waals surface area (Å²) >= 11 is 8.36. The van der Waals surface area contributed by atoms with Crippen LogP contribution in [-0.2, 0) is 4.79 Å². The molecule has 18 heavy (non-hydrogen) atoms. The minimum atomic E-state index is 0.0376. The van der Waals surface area contributed by atoms with Crippen molar-refractivity contribution in [3.05, 3.63) is 28.2 Å². The molecule has 1 unspecified atom stereocenters. The van der Waals surface area contributed by atoms with Crippen molar-refractivity contribution in [2.45, 2.75) is 20.3 Å². The number of nitrogens with one attached hydrogen (secondary N) is 1. The minimum Gasteiger partial charge on any atom is -0.389 e. The summed E-state index contributed by atoms with van der Waals surface area (Å²) in [6, 6.07) is 5.48. The van der Waals surface area contributed by atoms with Crippen LogP contribution in [0.3, 0.4) is 0 Å². The maximum Gasteiger partial charge on any atom is 0.228 e. The molecule has 1 aliphatic rings. The summed E-state index contributed by atoms with van der Waals surface area (Å²) < 4.78 is 0.882. The molecular weight excluding hydrogens is 312 g/mol. The van der Waals surface area contributed by atoms with E-state index >= 15 is 0 Å². The summed E-state index contributed by atoms with van der Waals surface area (Å²) in [4.78, 5) is 12.4. The number of hydrogen-bond acceptors (Lipinski definition) is 2. The molecule has 1 aromatic rings. The topological polar surface area (TPSA) is 55.1 Å². The average molecular weight is 327 g/mol. The van der Waals surface area contributed by atoms with Gasteiger partial charge in [-0.2, -0.15) is 0 Å². The molecule has 1 saturated carbocycles. The van der Waals surface area contributed by atoms with Crippen LogP contribution >= 0.6 is 28.1 Å². The maximum absolute atomic E-state index is 12.1. The zero-order valence-corrected chi connectivity index (χ0v) is 12.7. The van der Waals surface area contributed by atoms with Gasteiger partial charge in [-0.15, -0.1) is 0 Å². The third kappa shape index (κ3) is 2.72. The lowest BCUT2D eigenvalue weighted by molar-refractivity contribution is -0.118. The Morgan fingerprint density at radius 3 is 2.67 bits per heavy atom. The number of rotatable bonds is 3. The highest BCUT2D eigenvalue weighted by atomic mass is 79.9. The first-order valence-electron chi connectivity index (χ1n) is 5.71. The summed E-state index contributed by atoms with van der Waals surface area (Å²) in [6.07, 6.45) is 0.926. The average Bonchev–Trinajstić information content (AvgIpc) is 2.87. The van der Waals surface area contributed by atoms with E-state index in [4.69, 9.17) is 18.0 Å². The van der Waals surface area contributed by atoms with Gasteiger partial charge in [-0.3, -0.25) is 4.79 Å². The number of anilines is 1. The van der Waals surface area contributed by atoms with Crippen molar-refractivity contribution in [2.75, 3.05) is 5.32 Å². The van der Waals surface area contributed by atoms with Crippen molar-refractivity contribution in [3.8, 4) is 0 Å². The molecule has 0 aliphatic heterocycles. The van der Waals surface area contributed by atoms with E-state index in [9.17, 15) is 4.79 Å². The smallest absolute Gasteiger partial charge is 0.228 e. The number of nitrogens with two attached hydrogens (primary N) is 1. The molecule has 3 N–H and O–H groups in total. The van der Waals surface area contributed by atoms with Crippen LogP contribution in [0.25, 0.3) is 0 Å². The number of carbonyl (C=O) groups is 1. The lowest BCUT2D eigenvalue weighted by Crippen LogP contribution is -2.20. The summed E-state index contributed by atoms with van der Waals surface area (Å²) in [5, 5.41) is 2.91. The van der Waals surface area contributed by atoms with Gasteiger partial charge in [-0.05, 0) is 30.0 Å². The van der Waals surface area contributed by atoms with Crippen molar-refractivity contribution in [3.63, 3.8) is 0 Å². The molecule has 96 valence electrons. The normalized spacial score (nSPS) is 20.3. The number of hydrogen-bond donors (Lipinski definition) is 2. The van der Waals surface area contributed by atoms with Crippen LogP contribution in [0.15, 0.2) is 22.7 Å². The highest BCUT2D eigenvalue weighted by Crippen LogP contribution is 2.52. The second-order valence-corrected chi connectivity index (χ2v) is 6.64. The van der Waals surface area contributed by atoms with Crippen molar-refractivity contribution >= 4 is 44.7 Å². The molecule has 1 atom stereocenters. The van der Waals surface area contributed by atoms with Gasteiger partial charge in [0.1, 0.15) is 4.99 Å². The number of amides is 1. The van der Waals surface area contributed by atoms with E-state index in [1.807, 2.05) is 12.1 Å². The van der Waals surface area contributed by atoms with Crippen LogP contribution in [0, 0.1) is 11.3 Å². The zero-order chi connectivity index (χ0) is 13.5. The van der Waals surface area contributed by atoms with E-state index in [1.165, 1.54) is 0 Å². The second-order valence-electron chi connectivity index (χ2n) is 5.29. The third-order valence-corrected chi connectivity index (χ3v) is 4.05. The highest BCUT2D eigenvalue weighted by Gasteiger charge is 2.50. The van der Waals surface area contributed by atoms with Gasteiger partial charge in [-0.25, -0.2) is 0 Å². The second kappa shape index (κ2) is 4.63. The summed E-state index contributed by atoms with van der Waals surface area (Å²) in [7, 11) is 0. The van der Waals surface area contributed by atoms with Crippen molar-refractivity contribution in [2.24, 2.45) is 17.1 Å². The fraction of sp³-hybridized carbons (Fsp3) is 0.385. The van der Waals surface area contributed by atoms with E-state index in [0.29, 0.717) is 11.3 Å². The molecule has 0 bridgehead atoms. The molecule has 1 fully saturated rings. The Bertz CT molecular complexity index is 528. The van der Waals surface area contributed by atoms with E-state index in [0.717, 1.165) is 10.9 Å². The van der Waals surface area contributed by atoms with Crippen LogP contribution in [0.2, 0.25) is 0 Å². The monoisotopic (exact) mass is 326 g/mol. The predicted molar refractivity (Wildman–Crippen MR) is 80.5 cm³/mol. The first kappa shape index (κ1) is 13.5. The molecule has 1 amide bonds. The van der Waals surface area contributed by atoms with Gasteiger partial charge in [0.05, 0.1) is 5.69 Å². The zero-order valence-electron chi connectivity index (χ0n) is 10.3. The van der Waals surface area contributed by atoms with Gasteiger partial charge in [0.15, 0.2) is 0 Å². The van der Waals surface area contributed by atoms with Crippen molar-refractivity contribution < 1.29 is 4.79 Å². The summed E-state index contributed by atoms with van der Waals surface area (Å²) in [5.41, 5.74) is 7.13. The SMILES string of the molecule is CC1(C)CC1C(=O)Nc1cc(Br)ccc1C(N)=S. The quantitative estimate of drug-likeness (QED) is 0.839. The number of halogens is 1. The van der Waals surface area contributed by atoms with Crippen LogP contribution < -0.4 is 11.1 Å². The van der Waals surface area contributed by atoms with Gasteiger partial charge >= 0.3 is 0 Å². The molecule has 1 aliphatic carbocycles. The van der Waals surface area contributed by atoms with E-state index in [1.54, 1.807) is 6.07 Å². The Balaban J connectivity index is 2.21. The largest absolute Gasteiger partial charge is 0.389 e. The minimum absolute atomic E-state index is 0.0376. The molecular formula is C13H15BrN2OS. The molecule has 0 radical (unpaired) electrons. The fourth-order valence-electron chi connectivity index (χ4n) is 1.97. The van der Waals surface area contributed by atoms with Crippen LogP contribution in [0.5, 0.6) is 0 Å².